The summed E-state index contributed by atoms with van der Waals surface area (Å²) in [4.78, 5) is 11.7. The van der Waals surface area contributed by atoms with Crippen molar-refractivity contribution in [3.8, 4) is 0 Å². The number of carboxylic acid groups (broad SMARTS) is 1. The second kappa shape index (κ2) is 7.16. The SMILES string of the molecule is Cc1nn(C(c2ccccc2)(c2ccccc2)c2ccccc2)cc1C(=O)O. The molecule has 0 fully saturated rings. The van der Waals surface area contributed by atoms with E-state index in [2.05, 4.69) is 41.5 Å². The fourth-order valence-corrected chi connectivity index (χ4v) is 3.78. The molecule has 0 saturated carbocycles. The minimum Gasteiger partial charge on any atom is -0.478 e. The third-order valence-electron chi connectivity index (χ3n) is 5.05. The number of nitrogens with zero attached hydrogens (tertiary/aromatic N) is 2. The van der Waals surface area contributed by atoms with Gasteiger partial charge in [0.2, 0.25) is 0 Å². The molecule has 0 aliphatic rings. The van der Waals surface area contributed by atoms with Crippen LogP contribution in [-0.2, 0) is 5.54 Å². The van der Waals surface area contributed by atoms with Crippen molar-refractivity contribution in [3.05, 3.63) is 125 Å². The van der Waals surface area contributed by atoms with Crippen LogP contribution in [0.5, 0.6) is 0 Å². The van der Waals surface area contributed by atoms with Crippen molar-refractivity contribution in [1.29, 1.82) is 0 Å². The van der Waals surface area contributed by atoms with Gasteiger partial charge in [0.05, 0.1) is 5.69 Å². The number of hydrogen-bond acceptors (Lipinski definition) is 2. The molecule has 4 aromatic rings. The maximum atomic E-state index is 11.7. The summed E-state index contributed by atoms with van der Waals surface area (Å²) < 4.78 is 1.78. The van der Waals surface area contributed by atoms with E-state index in [1.807, 2.05) is 54.6 Å². The van der Waals surface area contributed by atoms with Crippen molar-refractivity contribution in [2.24, 2.45) is 0 Å². The van der Waals surface area contributed by atoms with Crippen molar-refractivity contribution in [2.45, 2.75) is 12.5 Å². The highest BCUT2D eigenvalue weighted by atomic mass is 16.4. The van der Waals surface area contributed by atoms with Gasteiger partial charge in [0.15, 0.2) is 0 Å². The van der Waals surface area contributed by atoms with Gasteiger partial charge in [0.25, 0.3) is 0 Å². The lowest BCUT2D eigenvalue weighted by Gasteiger charge is -2.36. The molecule has 1 heterocycles. The minimum atomic E-state index is -0.980. The third-order valence-corrected chi connectivity index (χ3v) is 5.05. The molecule has 4 nitrogen and oxygen atoms in total. The van der Waals surface area contributed by atoms with Crippen LogP contribution in [0.1, 0.15) is 32.7 Å². The average Bonchev–Trinajstić information content (AvgIpc) is 3.13. The topological polar surface area (TPSA) is 55.1 Å². The van der Waals surface area contributed by atoms with Crippen molar-refractivity contribution < 1.29 is 9.90 Å². The summed E-state index contributed by atoms with van der Waals surface area (Å²) in [5, 5.41) is 14.3. The Bertz CT molecular complexity index is 991. The lowest BCUT2D eigenvalue weighted by molar-refractivity contribution is 0.0696. The maximum absolute atomic E-state index is 11.7. The number of aromatic carboxylic acids is 1. The van der Waals surface area contributed by atoms with Crippen LogP contribution in [0.4, 0.5) is 0 Å². The van der Waals surface area contributed by atoms with Crippen molar-refractivity contribution in [3.63, 3.8) is 0 Å². The largest absolute Gasteiger partial charge is 0.478 e. The van der Waals surface area contributed by atoms with Gasteiger partial charge in [-0.05, 0) is 23.6 Å². The monoisotopic (exact) mass is 368 g/mol. The fourth-order valence-electron chi connectivity index (χ4n) is 3.78. The second-order valence-electron chi connectivity index (χ2n) is 6.69. The summed E-state index contributed by atoms with van der Waals surface area (Å²) in [7, 11) is 0. The molecule has 0 unspecified atom stereocenters. The predicted octanol–water partition coefficient (Wildman–Crippen LogP) is 4.73. The minimum absolute atomic E-state index is 0.201. The number of hydrogen-bond donors (Lipinski definition) is 1. The van der Waals surface area contributed by atoms with Crippen LogP contribution in [0.2, 0.25) is 0 Å². The van der Waals surface area contributed by atoms with E-state index < -0.39 is 11.5 Å². The van der Waals surface area contributed by atoms with Gasteiger partial charge >= 0.3 is 5.97 Å². The van der Waals surface area contributed by atoms with E-state index >= 15 is 0 Å². The molecular formula is C24H20N2O2. The number of carbonyl (C=O) groups is 1. The molecule has 1 N–H and O–H groups in total. The molecule has 1 aromatic heterocycles. The predicted molar refractivity (Wildman–Crippen MR) is 109 cm³/mol. The highest BCUT2D eigenvalue weighted by molar-refractivity contribution is 5.88. The Morgan fingerprint density at radius 3 is 1.50 bits per heavy atom. The van der Waals surface area contributed by atoms with Crippen LogP contribution in [0.15, 0.2) is 97.2 Å². The zero-order chi connectivity index (χ0) is 19.6. The van der Waals surface area contributed by atoms with Gasteiger partial charge in [-0.1, -0.05) is 91.0 Å². The fraction of sp³-hybridized carbons (Fsp3) is 0.0833. The lowest BCUT2D eigenvalue weighted by atomic mass is 9.77. The van der Waals surface area contributed by atoms with Crippen molar-refractivity contribution in [2.75, 3.05) is 0 Å². The molecule has 0 bridgehead atoms. The van der Waals surface area contributed by atoms with E-state index in [1.54, 1.807) is 17.8 Å². The Kier molecular flexibility index (Phi) is 4.53. The number of benzene rings is 3. The highest BCUT2D eigenvalue weighted by Crippen LogP contribution is 2.40. The van der Waals surface area contributed by atoms with E-state index in [-0.39, 0.29) is 5.56 Å². The summed E-state index contributed by atoms with van der Waals surface area (Å²) in [5.41, 5.74) is 2.92. The molecule has 138 valence electrons. The van der Waals surface area contributed by atoms with Gasteiger partial charge in [-0.15, -0.1) is 0 Å². The normalized spacial score (nSPS) is 11.3. The van der Waals surface area contributed by atoms with E-state index in [4.69, 9.17) is 0 Å². The average molecular weight is 368 g/mol. The Labute approximate surface area is 163 Å². The van der Waals surface area contributed by atoms with Crippen molar-refractivity contribution in [1.82, 2.24) is 9.78 Å². The number of carboxylic acids is 1. The first kappa shape index (κ1) is 17.7. The number of aryl methyl sites for hydroxylation is 1. The van der Waals surface area contributed by atoms with Crippen LogP contribution < -0.4 is 0 Å². The molecule has 0 radical (unpaired) electrons. The molecule has 4 heteroatoms. The first-order chi connectivity index (χ1) is 13.6. The van der Waals surface area contributed by atoms with E-state index in [9.17, 15) is 9.90 Å². The first-order valence-electron chi connectivity index (χ1n) is 9.10. The smallest absolute Gasteiger partial charge is 0.339 e. The molecule has 3 aromatic carbocycles. The molecule has 0 atom stereocenters. The van der Waals surface area contributed by atoms with Crippen molar-refractivity contribution >= 4 is 5.97 Å². The molecule has 0 aliphatic carbocycles. The maximum Gasteiger partial charge on any atom is 0.339 e. The van der Waals surface area contributed by atoms with Gasteiger partial charge in [-0.25, -0.2) is 4.79 Å². The molecule has 0 aliphatic heterocycles. The molecule has 0 saturated heterocycles. The quantitative estimate of drug-likeness (QED) is 0.518. The van der Waals surface area contributed by atoms with Crippen LogP contribution >= 0.6 is 0 Å². The summed E-state index contributed by atoms with van der Waals surface area (Å²) >= 11 is 0. The van der Waals surface area contributed by atoms with Gasteiger partial charge in [-0.2, -0.15) is 5.10 Å². The Balaban J connectivity index is 2.13. The lowest BCUT2D eigenvalue weighted by Crippen LogP contribution is -2.38. The van der Waals surface area contributed by atoms with Crippen LogP contribution in [-0.4, -0.2) is 20.9 Å². The molecule has 4 rings (SSSR count). The molecule has 28 heavy (non-hydrogen) atoms. The summed E-state index contributed by atoms with van der Waals surface area (Å²) in [6.07, 6.45) is 1.63. The first-order valence-corrected chi connectivity index (χ1v) is 9.10. The zero-order valence-electron chi connectivity index (χ0n) is 15.5. The highest BCUT2D eigenvalue weighted by Gasteiger charge is 2.39. The van der Waals surface area contributed by atoms with Gasteiger partial charge in [-0.3, -0.25) is 4.68 Å². The second-order valence-corrected chi connectivity index (χ2v) is 6.69. The van der Waals surface area contributed by atoms with Gasteiger partial charge < -0.3 is 5.11 Å². The van der Waals surface area contributed by atoms with E-state index in [0.29, 0.717) is 5.69 Å². The summed E-state index contributed by atoms with van der Waals surface area (Å²) in [6.45, 7) is 1.73. The third kappa shape index (κ3) is 2.79. The molecule has 0 spiro atoms. The summed E-state index contributed by atoms with van der Waals surface area (Å²) in [5.74, 6) is -0.980. The Morgan fingerprint density at radius 1 is 0.786 bits per heavy atom. The summed E-state index contributed by atoms with van der Waals surface area (Å²) in [6, 6.07) is 30.2. The number of aromatic nitrogens is 2. The molecular weight excluding hydrogens is 348 g/mol. The standard InChI is InChI=1S/C24H20N2O2/c1-18-22(23(27)28)17-26(25-18)24(19-11-5-2-6-12-19,20-13-7-3-8-14-20)21-15-9-4-10-16-21/h2-17H,1H3,(H,27,28). The Morgan fingerprint density at radius 2 is 1.18 bits per heavy atom. The zero-order valence-corrected chi connectivity index (χ0v) is 15.5. The van der Waals surface area contributed by atoms with Crippen LogP contribution in [0.25, 0.3) is 0 Å². The van der Waals surface area contributed by atoms with E-state index in [1.165, 1.54) is 0 Å². The van der Waals surface area contributed by atoms with Crippen LogP contribution in [0.3, 0.4) is 0 Å². The van der Waals surface area contributed by atoms with Gasteiger partial charge in [0.1, 0.15) is 11.1 Å². The number of rotatable bonds is 5. The Hall–Kier alpha value is -3.66. The van der Waals surface area contributed by atoms with Crippen LogP contribution in [0, 0.1) is 6.92 Å². The van der Waals surface area contributed by atoms with Gasteiger partial charge in [0, 0.05) is 6.20 Å². The van der Waals surface area contributed by atoms with E-state index in [0.717, 1.165) is 16.7 Å². The molecule has 0 amide bonds.